The Kier molecular flexibility index (Phi) is 6.35. The minimum atomic E-state index is -0.174. The zero-order valence-electron chi connectivity index (χ0n) is 16.6. The van der Waals surface area contributed by atoms with Crippen molar-refractivity contribution < 1.29 is 23.7 Å². The van der Waals surface area contributed by atoms with E-state index in [-0.39, 0.29) is 19.2 Å². The molecule has 0 saturated heterocycles. The maximum absolute atomic E-state index is 12.4. The Morgan fingerprint density at radius 1 is 1.00 bits per heavy atom. The third kappa shape index (κ3) is 4.95. The number of ketones is 1. The molecule has 0 atom stereocenters. The van der Waals surface area contributed by atoms with Crippen LogP contribution in [0.4, 0.5) is 0 Å². The third-order valence-corrected chi connectivity index (χ3v) is 5.41. The summed E-state index contributed by atoms with van der Waals surface area (Å²) < 4.78 is 22.0. The Morgan fingerprint density at radius 3 is 2.65 bits per heavy atom. The molecule has 7 heteroatoms. The van der Waals surface area contributed by atoms with Crippen LogP contribution in [0.1, 0.15) is 21.5 Å². The molecule has 0 bridgehead atoms. The molecule has 1 aliphatic heterocycles. The van der Waals surface area contributed by atoms with Gasteiger partial charge in [-0.05, 0) is 54.1 Å². The summed E-state index contributed by atoms with van der Waals surface area (Å²) in [6, 6.07) is 15.8. The van der Waals surface area contributed by atoms with E-state index in [1.165, 1.54) is 6.08 Å². The first-order chi connectivity index (χ1) is 15.0. The van der Waals surface area contributed by atoms with Crippen LogP contribution in [0.5, 0.6) is 23.0 Å². The van der Waals surface area contributed by atoms with Crippen LogP contribution in [0.2, 0.25) is 10.0 Å². The van der Waals surface area contributed by atoms with Gasteiger partial charge in [-0.25, -0.2) is 0 Å². The molecule has 0 saturated carbocycles. The average molecular weight is 457 g/mol. The lowest BCUT2D eigenvalue weighted by Crippen LogP contribution is -1.99. The molecule has 5 nitrogen and oxygen atoms in total. The average Bonchev–Trinajstić information content (AvgIpc) is 3.26. The summed E-state index contributed by atoms with van der Waals surface area (Å²) >= 11 is 11.9. The van der Waals surface area contributed by atoms with E-state index in [0.717, 1.165) is 11.1 Å². The number of methoxy groups -OCH3 is 1. The minimum absolute atomic E-state index is 0.174. The Labute approximate surface area is 189 Å². The van der Waals surface area contributed by atoms with Crippen LogP contribution < -0.4 is 18.9 Å². The molecule has 4 rings (SSSR count). The van der Waals surface area contributed by atoms with Crippen molar-refractivity contribution in [1.82, 2.24) is 0 Å². The molecule has 0 fully saturated rings. The molecule has 3 aromatic rings. The molecule has 0 radical (unpaired) electrons. The lowest BCUT2D eigenvalue weighted by atomic mass is 10.1. The van der Waals surface area contributed by atoms with Gasteiger partial charge in [-0.15, -0.1) is 0 Å². The van der Waals surface area contributed by atoms with Gasteiger partial charge >= 0.3 is 0 Å². The van der Waals surface area contributed by atoms with Gasteiger partial charge in [0.1, 0.15) is 18.1 Å². The number of halogens is 2. The van der Waals surface area contributed by atoms with Gasteiger partial charge in [-0.1, -0.05) is 35.3 Å². The van der Waals surface area contributed by atoms with Crippen molar-refractivity contribution in [3.8, 4) is 23.0 Å². The summed E-state index contributed by atoms with van der Waals surface area (Å²) in [6.45, 7) is 0.493. The van der Waals surface area contributed by atoms with E-state index in [1.807, 2.05) is 30.3 Å². The fraction of sp³-hybridized carbons (Fsp3) is 0.125. The molecule has 0 N–H and O–H groups in total. The van der Waals surface area contributed by atoms with Gasteiger partial charge < -0.3 is 18.9 Å². The lowest BCUT2D eigenvalue weighted by Gasteiger charge is -2.11. The number of ether oxygens (including phenoxy) is 4. The second-order valence-electron chi connectivity index (χ2n) is 6.70. The molecule has 158 valence electrons. The highest BCUT2D eigenvalue weighted by Gasteiger charge is 2.14. The van der Waals surface area contributed by atoms with Crippen molar-refractivity contribution in [2.24, 2.45) is 0 Å². The summed E-state index contributed by atoms with van der Waals surface area (Å²) in [7, 11) is 1.60. The van der Waals surface area contributed by atoms with Crippen molar-refractivity contribution in [3.63, 3.8) is 0 Å². The van der Waals surface area contributed by atoms with E-state index in [9.17, 15) is 4.79 Å². The highest BCUT2D eigenvalue weighted by molar-refractivity contribution is 6.42. The molecule has 1 heterocycles. The van der Waals surface area contributed by atoms with Gasteiger partial charge in [0.15, 0.2) is 17.3 Å². The topological polar surface area (TPSA) is 54.0 Å². The molecule has 0 amide bonds. The summed E-state index contributed by atoms with van der Waals surface area (Å²) in [5, 5.41) is 0.748. The van der Waals surface area contributed by atoms with Gasteiger partial charge in [-0.3, -0.25) is 4.79 Å². The Morgan fingerprint density at radius 2 is 1.84 bits per heavy atom. The van der Waals surface area contributed by atoms with E-state index in [4.69, 9.17) is 42.1 Å². The number of allylic oxidation sites excluding steroid dienone is 1. The number of benzene rings is 3. The fourth-order valence-corrected chi connectivity index (χ4v) is 3.36. The largest absolute Gasteiger partial charge is 0.496 e. The van der Waals surface area contributed by atoms with Crippen LogP contribution in [-0.4, -0.2) is 19.7 Å². The standard InChI is InChI=1S/C24H18Cl2O5/c1-28-22-8-3-15(2-7-21(27)16-4-6-19(25)20(26)11-16)10-17(22)13-29-18-5-9-23-24(12-18)31-14-30-23/h2-12H,13-14H2,1H3/b7-2+. The maximum atomic E-state index is 12.4. The van der Waals surface area contributed by atoms with Gasteiger partial charge in [0.25, 0.3) is 0 Å². The van der Waals surface area contributed by atoms with E-state index in [1.54, 1.807) is 37.5 Å². The predicted octanol–water partition coefficient (Wildman–Crippen LogP) is 6.21. The van der Waals surface area contributed by atoms with Crippen LogP contribution in [0.3, 0.4) is 0 Å². The number of fused-ring (bicyclic) bond motifs is 1. The first kappa shape index (κ1) is 21.1. The molecule has 0 spiro atoms. The van der Waals surface area contributed by atoms with E-state index < -0.39 is 0 Å². The molecule has 0 aliphatic carbocycles. The van der Waals surface area contributed by atoms with Crippen molar-refractivity contribution in [2.45, 2.75) is 6.61 Å². The number of carbonyl (C=O) groups excluding carboxylic acids is 1. The van der Waals surface area contributed by atoms with Crippen molar-refractivity contribution in [2.75, 3.05) is 13.9 Å². The van der Waals surface area contributed by atoms with Gasteiger partial charge in [-0.2, -0.15) is 0 Å². The summed E-state index contributed by atoms with van der Waals surface area (Å²) in [6.07, 6.45) is 3.22. The van der Waals surface area contributed by atoms with Crippen molar-refractivity contribution in [3.05, 3.63) is 87.4 Å². The van der Waals surface area contributed by atoms with E-state index in [0.29, 0.717) is 38.6 Å². The van der Waals surface area contributed by atoms with Crippen LogP contribution in [0, 0.1) is 0 Å². The first-order valence-corrected chi connectivity index (χ1v) is 10.2. The van der Waals surface area contributed by atoms with Crippen LogP contribution >= 0.6 is 23.2 Å². The minimum Gasteiger partial charge on any atom is -0.496 e. The predicted molar refractivity (Wildman–Crippen MR) is 120 cm³/mol. The first-order valence-electron chi connectivity index (χ1n) is 9.40. The quantitative estimate of drug-likeness (QED) is 0.312. The molecule has 0 unspecified atom stereocenters. The number of carbonyl (C=O) groups is 1. The molecule has 31 heavy (non-hydrogen) atoms. The molecule has 3 aromatic carbocycles. The summed E-state index contributed by atoms with van der Waals surface area (Å²) in [5.74, 6) is 2.52. The lowest BCUT2D eigenvalue weighted by molar-refractivity contribution is 0.104. The molecular formula is C24H18Cl2O5. The molecule has 0 aromatic heterocycles. The van der Waals surface area contributed by atoms with Gasteiger partial charge in [0.2, 0.25) is 6.79 Å². The highest BCUT2D eigenvalue weighted by atomic mass is 35.5. The smallest absolute Gasteiger partial charge is 0.231 e. The second kappa shape index (κ2) is 9.33. The monoisotopic (exact) mass is 456 g/mol. The van der Waals surface area contributed by atoms with E-state index in [2.05, 4.69) is 0 Å². The molecule has 1 aliphatic rings. The van der Waals surface area contributed by atoms with E-state index >= 15 is 0 Å². The third-order valence-electron chi connectivity index (χ3n) is 4.67. The van der Waals surface area contributed by atoms with Crippen molar-refractivity contribution >= 4 is 35.1 Å². The SMILES string of the molecule is COc1ccc(/C=C/C(=O)c2ccc(Cl)c(Cl)c2)cc1COc1ccc2c(c1)OCO2. The highest BCUT2D eigenvalue weighted by Crippen LogP contribution is 2.35. The van der Waals surface area contributed by atoms with Gasteiger partial charge in [0, 0.05) is 17.2 Å². The zero-order valence-corrected chi connectivity index (χ0v) is 18.1. The summed E-state index contributed by atoms with van der Waals surface area (Å²) in [5.41, 5.74) is 2.13. The van der Waals surface area contributed by atoms with Crippen LogP contribution in [0.15, 0.2) is 60.7 Å². The number of hydrogen-bond acceptors (Lipinski definition) is 5. The maximum Gasteiger partial charge on any atom is 0.231 e. The van der Waals surface area contributed by atoms with Crippen molar-refractivity contribution in [1.29, 1.82) is 0 Å². The summed E-state index contributed by atoms with van der Waals surface area (Å²) in [4.78, 5) is 12.4. The normalized spacial score (nSPS) is 12.2. The Balaban J connectivity index is 1.48. The van der Waals surface area contributed by atoms with Gasteiger partial charge in [0.05, 0.1) is 17.2 Å². The second-order valence-corrected chi connectivity index (χ2v) is 7.52. The number of hydrogen-bond donors (Lipinski definition) is 0. The Hall–Kier alpha value is -3.15. The molecular weight excluding hydrogens is 439 g/mol. The fourth-order valence-electron chi connectivity index (χ4n) is 3.06. The zero-order chi connectivity index (χ0) is 21.8. The Bertz CT molecular complexity index is 1160. The van der Waals surface area contributed by atoms with Crippen LogP contribution in [-0.2, 0) is 6.61 Å². The van der Waals surface area contributed by atoms with Crippen LogP contribution in [0.25, 0.3) is 6.08 Å². The number of rotatable bonds is 7.